The van der Waals surface area contributed by atoms with Crippen LogP contribution in [0.15, 0.2) is 12.1 Å². The van der Waals surface area contributed by atoms with Gasteiger partial charge in [0.05, 0.1) is 0 Å². The van der Waals surface area contributed by atoms with E-state index >= 15 is 0 Å². The predicted molar refractivity (Wildman–Crippen MR) is 60.4 cm³/mol. The number of nitrogens with one attached hydrogen (secondary N) is 1. The van der Waals surface area contributed by atoms with E-state index in [4.69, 9.17) is 5.73 Å². The van der Waals surface area contributed by atoms with Gasteiger partial charge in [0.25, 0.3) is 0 Å². The van der Waals surface area contributed by atoms with Crippen LogP contribution in [0.3, 0.4) is 0 Å². The molecule has 0 saturated carbocycles. The van der Waals surface area contributed by atoms with Crippen LogP contribution in [0, 0.1) is 20.8 Å². The molecule has 0 bridgehead atoms. The van der Waals surface area contributed by atoms with E-state index in [-0.39, 0.29) is 0 Å². The molecule has 15 heavy (non-hydrogen) atoms. The van der Waals surface area contributed by atoms with Crippen molar-refractivity contribution in [3.05, 3.63) is 29.1 Å². The topological polar surface area (TPSA) is 67.6 Å². The van der Waals surface area contributed by atoms with Crippen molar-refractivity contribution in [3.63, 3.8) is 0 Å². The van der Waals surface area contributed by atoms with Crippen LogP contribution in [-0.4, -0.2) is 15.2 Å². The van der Waals surface area contributed by atoms with Crippen molar-refractivity contribution < 1.29 is 0 Å². The first kappa shape index (κ1) is 9.71. The van der Waals surface area contributed by atoms with Crippen molar-refractivity contribution in [2.75, 3.05) is 5.73 Å². The smallest absolute Gasteiger partial charge is 0.181 e. The summed E-state index contributed by atoms with van der Waals surface area (Å²) in [4.78, 5) is 4.30. The lowest BCUT2D eigenvalue weighted by atomic mass is 10.0. The molecule has 0 aliphatic rings. The number of nitrogen functional groups attached to an aromatic ring is 1. The van der Waals surface area contributed by atoms with Crippen molar-refractivity contribution in [3.8, 4) is 11.4 Å². The van der Waals surface area contributed by atoms with Crippen molar-refractivity contribution in [1.29, 1.82) is 0 Å². The van der Waals surface area contributed by atoms with Gasteiger partial charge in [-0.05, 0) is 44.0 Å². The van der Waals surface area contributed by atoms with E-state index in [1.54, 1.807) is 0 Å². The van der Waals surface area contributed by atoms with E-state index < -0.39 is 0 Å². The molecule has 0 unspecified atom stereocenters. The minimum Gasteiger partial charge on any atom is -0.399 e. The number of anilines is 1. The van der Waals surface area contributed by atoms with Gasteiger partial charge in [0.15, 0.2) is 5.82 Å². The molecule has 2 aromatic rings. The molecule has 0 radical (unpaired) electrons. The summed E-state index contributed by atoms with van der Waals surface area (Å²) in [7, 11) is 0. The fraction of sp³-hybridized carbons (Fsp3) is 0.273. The molecule has 3 N–H and O–H groups in total. The number of rotatable bonds is 1. The maximum atomic E-state index is 5.81. The van der Waals surface area contributed by atoms with Gasteiger partial charge in [-0.1, -0.05) is 0 Å². The third kappa shape index (κ3) is 1.70. The third-order valence-corrected chi connectivity index (χ3v) is 2.53. The van der Waals surface area contributed by atoms with Gasteiger partial charge in [-0.15, -0.1) is 0 Å². The zero-order chi connectivity index (χ0) is 11.0. The Labute approximate surface area is 88.5 Å². The van der Waals surface area contributed by atoms with Gasteiger partial charge < -0.3 is 5.73 Å². The average molecular weight is 202 g/mol. The van der Waals surface area contributed by atoms with E-state index in [1.807, 2.05) is 26.0 Å². The van der Waals surface area contributed by atoms with Gasteiger partial charge in [0.2, 0.25) is 0 Å². The second-order valence-corrected chi connectivity index (χ2v) is 3.75. The summed E-state index contributed by atoms with van der Waals surface area (Å²) >= 11 is 0. The van der Waals surface area contributed by atoms with E-state index in [2.05, 4.69) is 22.1 Å². The summed E-state index contributed by atoms with van der Waals surface area (Å²) in [5.41, 5.74) is 9.88. The van der Waals surface area contributed by atoms with E-state index in [9.17, 15) is 0 Å². The number of aromatic nitrogens is 3. The minimum absolute atomic E-state index is 0.709. The molecule has 4 heteroatoms. The van der Waals surface area contributed by atoms with Gasteiger partial charge >= 0.3 is 0 Å². The van der Waals surface area contributed by atoms with E-state index in [1.165, 1.54) is 5.56 Å². The first-order valence-corrected chi connectivity index (χ1v) is 4.84. The first-order valence-electron chi connectivity index (χ1n) is 4.84. The van der Waals surface area contributed by atoms with Crippen molar-refractivity contribution >= 4 is 5.69 Å². The lowest BCUT2D eigenvalue weighted by Gasteiger charge is -2.06. The molecule has 2 rings (SSSR count). The molecule has 0 aliphatic heterocycles. The van der Waals surface area contributed by atoms with E-state index in [0.29, 0.717) is 5.82 Å². The molecule has 1 heterocycles. The summed E-state index contributed by atoms with van der Waals surface area (Å²) in [6.45, 7) is 5.97. The van der Waals surface area contributed by atoms with Crippen LogP contribution in [0.25, 0.3) is 11.4 Å². The number of hydrogen-bond donors (Lipinski definition) is 2. The number of nitrogens with two attached hydrogens (primary N) is 1. The molecule has 78 valence electrons. The molecule has 0 fully saturated rings. The van der Waals surface area contributed by atoms with E-state index in [0.717, 1.165) is 22.6 Å². The van der Waals surface area contributed by atoms with Gasteiger partial charge in [-0.3, -0.25) is 5.10 Å². The second kappa shape index (κ2) is 3.38. The second-order valence-electron chi connectivity index (χ2n) is 3.75. The fourth-order valence-electron chi connectivity index (χ4n) is 1.58. The SMILES string of the molecule is Cc1nc(-c2cc(N)cc(C)c2C)n[nH]1. The Bertz CT molecular complexity index is 499. The zero-order valence-corrected chi connectivity index (χ0v) is 9.13. The summed E-state index contributed by atoms with van der Waals surface area (Å²) in [6, 6.07) is 3.86. The molecule has 0 aliphatic carbocycles. The van der Waals surface area contributed by atoms with Crippen molar-refractivity contribution in [2.45, 2.75) is 20.8 Å². The first-order chi connectivity index (χ1) is 7.08. The van der Waals surface area contributed by atoms with Crippen LogP contribution in [-0.2, 0) is 0 Å². The third-order valence-electron chi connectivity index (χ3n) is 2.53. The fourth-order valence-corrected chi connectivity index (χ4v) is 1.58. The van der Waals surface area contributed by atoms with Gasteiger partial charge in [0.1, 0.15) is 5.82 Å². The summed E-state index contributed by atoms with van der Waals surface area (Å²) in [5.74, 6) is 1.52. The van der Waals surface area contributed by atoms with Crippen LogP contribution in [0.4, 0.5) is 5.69 Å². The standard InChI is InChI=1S/C11H14N4/c1-6-4-9(12)5-10(7(6)2)11-13-8(3)14-15-11/h4-5H,12H2,1-3H3,(H,13,14,15). The molecule has 0 spiro atoms. The molecular formula is C11H14N4. The highest BCUT2D eigenvalue weighted by Crippen LogP contribution is 2.25. The largest absolute Gasteiger partial charge is 0.399 e. The van der Waals surface area contributed by atoms with Crippen LogP contribution in [0.1, 0.15) is 17.0 Å². The number of H-pyrrole nitrogens is 1. The quantitative estimate of drug-likeness (QED) is 0.695. The van der Waals surface area contributed by atoms with Gasteiger partial charge in [0, 0.05) is 11.3 Å². The monoisotopic (exact) mass is 202 g/mol. The highest BCUT2D eigenvalue weighted by atomic mass is 15.2. The van der Waals surface area contributed by atoms with Crippen molar-refractivity contribution in [1.82, 2.24) is 15.2 Å². The number of hydrogen-bond acceptors (Lipinski definition) is 3. The number of benzene rings is 1. The summed E-state index contributed by atoms with van der Waals surface area (Å²) in [6.07, 6.45) is 0. The molecule has 0 saturated heterocycles. The zero-order valence-electron chi connectivity index (χ0n) is 9.13. The lowest BCUT2D eigenvalue weighted by molar-refractivity contribution is 1.04. The maximum Gasteiger partial charge on any atom is 0.181 e. The highest BCUT2D eigenvalue weighted by molar-refractivity contribution is 5.67. The minimum atomic E-state index is 0.709. The number of aromatic amines is 1. The summed E-state index contributed by atoms with van der Waals surface area (Å²) in [5, 5.41) is 6.97. The Morgan fingerprint density at radius 1 is 1.20 bits per heavy atom. The Morgan fingerprint density at radius 3 is 2.53 bits per heavy atom. The Morgan fingerprint density at radius 2 is 1.93 bits per heavy atom. The summed E-state index contributed by atoms with van der Waals surface area (Å²) < 4.78 is 0. The molecular weight excluding hydrogens is 188 g/mol. The Kier molecular flexibility index (Phi) is 2.19. The highest BCUT2D eigenvalue weighted by Gasteiger charge is 2.09. The molecule has 1 aromatic carbocycles. The normalized spacial score (nSPS) is 10.6. The molecule has 0 amide bonds. The lowest BCUT2D eigenvalue weighted by Crippen LogP contribution is -1.93. The van der Waals surface area contributed by atoms with Crippen LogP contribution in [0.2, 0.25) is 0 Å². The van der Waals surface area contributed by atoms with Gasteiger partial charge in [-0.25, -0.2) is 4.98 Å². The van der Waals surface area contributed by atoms with Crippen LogP contribution >= 0.6 is 0 Å². The number of aryl methyl sites for hydroxylation is 2. The maximum absolute atomic E-state index is 5.81. The Hall–Kier alpha value is -1.84. The molecule has 0 atom stereocenters. The van der Waals surface area contributed by atoms with Gasteiger partial charge in [-0.2, -0.15) is 5.10 Å². The van der Waals surface area contributed by atoms with Crippen molar-refractivity contribution in [2.24, 2.45) is 0 Å². The van der Waals surface area contributed by atoms with Crippen LogP contribution < -0.4 is 5.73 Å². The number of nitrogens with zero attached hydrogens (tertiary/aromatic N) is 2. The molecule has 4 nitrogen and oxygen atoms in total. The Balaban J connectivity index is 2.62. The predicted octanol–water partition coefficient (Wildman–Crippen LogP) is 1.98. The van der Waals surface area contributed by atoms with Crippen LogP contribution in [0.5, 0.6) is 0 Å². The molecule has 1 aromatic heterocycles. The average Bonchev–Trinajstić information content (AvgIpc) is 2.58.